The van der Waals surface area contributed by atoms with E-state index in [1.54, 1.807) is 0 Å². The van der Waals surface area contributed by atoms with E-state index in [1.807, 2.05) is 0 Å². The van der Waals surface area contributed by atoms with Gasteiger partial charge in [0.2, 0.25) is 0 Å². The fourth-order valence-corrected chi connectivity index (χ4v) is 4.86. The molecule has 0 aliphatic heterocycles. The third-order valence-corrected chi connectivity index (χ3v) is 4.87. The standard InChI is InChI=1S/C13H21NO3/c15-11(16)1-2-14-12-4-9-3-10(5-12)7-13(17,6-9)8-12/h9-10,14,17H,1-8H2,(H,15,16). The van der Waals surface area contributed by atoms with Crippen LogP contribution in [0.4, 0.5) is 0 Å². The van der Waals surface area contributed by atoms with Crippen LogP contribution >= 0.6 is 0 Å². The van der Waals surface area contributed by atoms with E-state index in [2.05, 4.69) is 5.32 Å². The highest BCUT2D eigenvalue weighted by molar-refractivity contribution is 5.66. The van der Waals surface area contributed by atoms with Crippen molar-refractivity contribution in [1.82, 2.24) is 5.32 Å². The first-order valence-electron chi connectivity index (χ1n) is 6.68. The number of aliphatic hydroxyl groups is 1. The first-order chi connectivity index (χ1) is 7.99. The molecule has 0 aromatic heterocycles. The summed E-state index contributed by atoms with van der Waals surface area (Å²) in [4.78, 5) is 10.6. The van der Waals surface area contributed by atoms with Crippen LogP contribution in [0.3, 0.4) is 0 Å². The first-order valence-corrected chi connectivity index (χ1v) is 6.68. The molecule has 4 nitrogen and oxygen atoms in total. The molecule has 4 saturated carbocycles. The van der Waals surface area contributed by atoms with E-state index in [1.165, 1.54) is 6.42 Å². The van der Waals surface area contributed by atoms with E-state index in [0.29, 0.717) is 18.4 Å². The lowest BCUT2D eigenvalue weighted by molar-refractivity contribution is -0.143. The Morgan fingerprint density at radius 1 is 1.24 bits per heavy atom. The summed E-state index contributed by atoms with van der Waals surface area (Å²) in [7, 11) is 0. The van der Waals surface area contributed by atoms with Crippen molar-refractivity contribution in [3.05, 3.63) is 0 Å². The molecule has 0 amide bonds. The van der Waals surface area contributed by atoms with Gasteiger partial charge in [0.05, 0.1) is 12.0 Å². The highest BCUT2D eigenvalue weighted by atomic mass is 16.4. The van der Waals surface area contributed by atoms with Crippen LogP contribution in [0.2, 0.25) is 0 Å². The maximum atomic E-state index is 10.6. The maximum Gasteiger partial charge on any atom is 0.304 e. The molecule has 2 atom stereocenters. The van der Waals surface area contributed by atoms with Crippen molar-refractivity contribution in [2.24, 2.45) is 11.8 Å². The van der Waals surface area contributed by atoms with Gasteiger partial charge < -0.3 is 15.5 Å². The van der Waals surface area contributed by atoms with Gasteiger partial charge in [-0.25, -0.2) is 0 Å². The molecule has 4 rings (SSSR count). The number of carboxylic acid groups (broad SMARTS) is 1. The first kappa shape index (κ1) is 11.5. The number of hydrogen-bond donors (Lipinski definition) is 3. The highest BCUT2D eigenvalue weighted by Crippen LogP contribution is 2.57. The second kappa shape index (κ2) is 3.69. The Morgan fingerprint density at radius 2 is 1.88 bits per heavy atom. The van der Waals surface area contributed by atoms with Crippen LogP contribution in [-0.4, -0.2) is 33.9 Å². The summed E-state index contributed by atoms with van der Waals surface area (Å²) in [5.74, 6) is 0.554. The normalized spacial score (nSPS) is 47.4. The van der Waals surface area contributed by atoms with E-state index >= 15 is 0 Å². The second-order valence-electron chi connectivity index (χ2n) is 6.54. The number of hydrogen-bond acceptors (Lipinski definition) is 3. The SMILES string of the molecule is O=C(O)CCNC12CC3CC(CC(O)(C3)C1)C2. The summed E-state index contributed by atoms with van der Waals surface area (Å²) in [5.41, 5.74) is -0.422. The molecular formula is C13H21NO3. The molecule has 17 heavy (non-hydrogen) atoms. The van der Waals surface area contributed by atoms with Crippen molar-refractivity contribution < 1.29 is 15.0 Å². The predicted molar refractivity (Wildman–Crippen MR) is 62.6 cm³/mol. The van der Waals surface area contributed by atoms with Gasteiger partial charge in [-0.05, 0) is 50.4 Å². The van der Waals surface area contributed by atoms with Crippen molar-refractivity contribution in [3.63, 3.8) is 0 Å². The minimum Gasteiger partial charge on any atom is -0.481 e. The molecule has 4 fully saturated rings. The fourth-order valence-electron chi connectivity index (χ4n) is 4.86. The molecule has 0 saturated heterocycles. The van der Waals surface area contributed by atoms with Crippen LogP contribution in [-0.2, 0) is 4.79 Å². The zero-order valence-electron chi connectivity index (χ0n) is 10.1. The Morgan fingerprint density at radius 3 is 2.41 bits per heavy atom. The average Bonchev–Trinajstić information content (AvgIpc) is 2.11. The third-order valence-electron chi connectivity index (χ3n) is 4.87. The van der Waals surface area contributed by atoms with E-state index in [9.17, 15) is 9.90 Å². The number of carboxylic acids is 1. The van der Waals surface area contributed by atoms with Gasteiger partial charge in [-0.3, -0.25) is 4.79 Å². The summed E-state index contributed by atoms with van der Waals surface area (Å²) in [6, 6.07) is 0. The summed E-state index contributed by atoms with van der Waals surface area (Å²) in [6.45, 7) is 0.533. The minimum absolute atomic E-state index is 0.0360. The molecule has 0 heterocycles. The quantitative estimate of drug-likeness (QED) is 0.688. The van der Waals surface area contributed by atoms with Crippen LogP contribution in [0.15, 0.2) is 0 Å². The molecule has 0 spiro atoms. The zero-order chi connectivity index (χ0) is 12.1. The van der Waals surface area contributed by atoms with Gasteiger partial charge in [-0.1, -0.05) is 0 Å². The lowest BCUT2D eigenvalue weighted by atomic mass is 9.51. The van der Waals surface area contributed by atoms with Gasteiger partial charge in [0.1, 0.15) is 0 Å². The smallest absolute Gasteiger partial charge is 0.304 e. The Hall–Kier alpha value is -0.610. The van der Waals surface area contributed by atoms with Gasteiger partial charge in [0.15, 0.2) is 0 Å². The highest BCUT2D eigenvalue weighted by Gasteiger charge is 2.56. The van der Waals surface area contributed by atoms with Crippen LogP contribution in [0.1, 0.15) is 44.9 Å². The molecule has 3 N–H and O–H groups in total. The van der Waals surface area contributed by atoms with Gasteiger partial charge in [-0.15, -0.1) is 0 Å². The molecule has 0 aromatic rings. The molecule has 4 bridgehead atoms. The summed E-state index contributed by atoms with van der Waals surface area (Å²) in [6.07, 6.45) is 6.46. The Balaban J connectivity index is 1.68. The average molecular weight is 239 g/mol. The van der Waals surface area contributed by atoms with E-state index in [4.69, 9.17) is 5.11 Å². The van der Waals surface area contributed by atoms with Crippen molar-refractivity contribution >= 4 is 5.97 Å². The number of rotatable bonds is 4. The molecule has 0 radical (unpaired) electrons. The fraction of sp³-hybridized carbons (Fsp3) is 0.923. The minimum atomic E-state index is -0.749. The Kier molecular flexibility index (Phi) is 2.49. The molecular weight excluding hydrogens is 218 g/mol. The van der Waals surface area contributed by atoms with Gasteiger partial charge >= 0.3 is 5.97 Å². The van der Waals surface area contributed by atoms with Crippen molar-refractivity contribution in [3.8, 4) is 0 Å². The van der Waals surface area contributed by atoms with Gasteiger partial charge in [-0.2, -0.15) is 0 Å². The summed E-state index contributed by atoms with van der Waals surface area (Å²) in [5, 5.41) is 22.7. The summed E-state index contributed by atoms with van der Waals surface area (Å²) >= 11 is 0. The van der Waals surface area contributed by atoms with Gasteiger partial charge in [0, 0.05) is 12.1 Å². The predicted octanol–water partition coefficient (Wildman–Crippen LogP) is 1.13. The Labute approximate surface area is 101 Å². The second-order valence-corrected chi connectivity index (χ2v) is 6.54. The molecule has 2 unspecified atom stereocenters. The van der Waals surface area contributed by atoms with Crippen molar-refractivity contribution in [2.45, 2.75) is 56.1 Å². The van der Waals surface area contributed by atoms with Crippen LogP contribution in [0, 0.1) is 11.8 Å². The molecule has 0 aromatic carbocycles. The molecule has 96 valence electrons. The van der Waals surface area contributed by atoms with Gasteiger partial charge in [0.25, 0.3) is 0 Å². The van der Waals surface area contributed by atoms with Crippen LogP contribution in [0.5, 0.6) is 0 Å². The van der Waals surface area contributed by atoms with E-state index in [-0.39, 0.29) is 12.0 Å². The number of carbonyl (C=O) groups is 1. The van der Waals surface area contributed by atoms with Crippen LogP contribution in [0.25, 0.3) is 0 Å². The van der Waals surface area contributed by atoms with E-state index < -0.39 is 11.6 Å². The molecule has 4 aliphatic rings. The van der Waals surface area contributed by atoms with Crippen LogP contribution < -0.4 is 5.32 Å². The maximum absolute atomic E-state index is 10.6. The number of nitrogens with one attached hydrogen (secondary N) is 1. The number of aliphatic carboxylic acids is 1. The van der Waals surface area contributed by atoms with Crippen molar-refractivity contribution in [2.75, 3.05) is 6.54 Å². The lowest BCUT2D eigenvalue weighted by Crippen LogP contribution is -2.64. The molecule has 4 aliphatic carbocycles. The molecule has 4 heteroatoms. The zero-order valence-corrected chi connectivity index (χ0v) is 10.1. The largest absolute Gasteiger partial charge is 0.481 e. The van der Waals surface area contributed by atoms with E-state index in [0.717, 1.165) is 32.1 Å². The Bertz CT molecular complexity index is 328. The lowest BCUT2D eigenvalue weighted by Gasteiger charge is -2.60. The topological polar surface area (TPSA) is 69.6 Å². The third kappa shape index (κ3) is 2.08. The summed E-state index contributed by atoms with van der Waals surface area (Å²) < 4.78 is 0. The van der Waals surface area contributed by atoms with Crippen molar-refractivity contribution in [1.29, 1.82) is 0 Å². The monoisotopic (exact) mass is 239 g/mol.